The number of nitrogens with zero attached hydrogens (tertiary/aromatic N) is 6. The molecule has 0 atom stereocenters. The summed E-state index contributed by atoms with van der Waals surface area (Å²) in [6.07, 6.45) is 0. The van der Waals surface area contributed by atoms with Gasteiger partial charge in [0.2, 0.25) is 5.88 Å². The molecule has 0 aliphatic carbocycles. The largest absolute Gasteiger partial charge is 0.506 e. The molecule has 0 saturated carbocycles. The van der Waals surface area contributed by atoms with Crippen molar-refractivity contribution in [1.82, 2.24) is 9.78 Å². The number of aromatic hydroxyl groups is 2. The molecule has 0 fully saturated rings. The second kappa shape index (κ2) is 12.3. The molecule has 6 rings (SSSR count). The standard InChI is InChI=1S/C16H14N4O.C16H12N2O/c1-12-15(18-17-13-8-4-2-5-9-13)16(21)20(19-12)14-10-6-3-7-11-14;19-15-11-10-12-6-4-5-9-14(12)16(15)18-17-13-7-2-1-3-8-13/h2-11,21H,1H3;1-11,19H. The average molecular weight is 527 g/mol. The minimum Gasteiger partial charge on any atom is -0.506 e. The predicted molar refractivity (Wildman–Crippen MR) is 157 cm³/mol. The van der Waals surface area contributed by atoms with E-state index in [4.69, 9.17) is 0 Å². The number of hydrogen-bond acceptors (Lipinski definition) is 7. The fourth-order valence-electron chi connectivity index (χ4n) is 3.93. The summed E-state index contributed by atoms with van der Waals surface area (Å²) >= 11 is 0. The summed E-state index contributed by atoms with van der Waals surface area (Å²) in [5, 5.41) is 43.0. The number of rotatable bonds is 5. The van der Waals surface area contributed by atoms with E-state index in [9.17, 15) is 10.2 Å². The molecule has 1 heterocycles. The number of azo groups is 2. The molecule has 5 aromatic carbocycles. The molecule has 40 heavy (non-hydrogen) atoms. The third-order valence-corrected chi connectivity index (χ3v) is 5.93. The molecule has 196 valence electrons. The van der Waals surface area contributed by atoms with Crippen LogP contribution in [0.4, 0.5) is 22.7 Å². The molecule has 1 aromatic heterocycles. The Labute approximate surface area is 231 Å². The summed E-state index contributed by atoms with van der Waals surface area (Å²) in [4.78, 5) is 0. The van der Waals surface area contributed by atoms with Gasteiger partial charge >= 0.3 is 0 Å². The predicted octanol–water partition coefficient (Wildman–Crippen LogP) is 9.26. The van der Waals surface area contributed by atoms with E-state index in [-0.39, 0.29) is 11.6 Å². The number of para-hydroxylation sites is 1. The van der Waals surface area contributed by atoms with Crippen LogP contribution in [-0.4, -0.2) is 20.0 Å². The molecule has 0 radical (unpaired) electrons. The Morgan fingerprint density at radius 1 is 0.550 bits per heavy atom. The normalized spacial score (nSPS) is 11.1. The smallest absolute Gasteiger partial charge is 0.243 e. The SMILES string of the molecule is Cc1nn(-c2ccccc2)c(O)c1N=Nc1ccccc1.Oc1ccc2ccccc2c1N=Nc1ccccc1. The topological polar surface area (TPSA) is 108 Å². The van der Waals surface area contributed by atoms with Gasteiger partial charge in [0, 0.05) is 5.39 Å². The minimum absolute atomic E-state index is 0.0154. The van der Waals surface area contributed by atoms with Gasteiger partial charge in [0.05, 0.1) is 22.8 Å². The maximum absolute atomic E-state index is 10.3. The van der Waals surface area contributed by atoms with E-state index in [2.05, 4.69) is 25.6 Å². The Morgan fingerprint density at radius 2 is 1.07 bits per heavy atom. The monoisotopic (exact) mass is 526 g/mol. The van der Waals surface area contributed by atoms with Crippen LogP contribution in [-0.2, 0) is 0 Å². The number of aromatic nitrogens is 2. The first-order chi connectivity index (χ1) is 19.6. The Hall–Kier alpha value is -5.63. The van der Waals surface area contributed by atoms with Crippen molar-refractivity contribution in [2.24, 2.45) is 20.5 Å². The molecular formula is C32H26N6O2. The zero-order valence-electron chi connectivity index (χ0n) is 21.7. The zero-order valence-corrected chi connectivity index (χ0v) is 21.7. The highest BCUT2D eigenvalue weighted by Crippen LogP contribution is 2.36. The molecule has 0 saturated heterocycles. The van der Waals surface area contributed by atoms with Gasteiger partial charge in [-0.15, -0.1) is 10.2 Å². The van der Waals surface area contributed by atoms with Crippen LogP contribution in [0.2, 0.25) is 0 Å². The number of fused-ring (bicyclic) bond motifs is 1. The lowest BCUT2D eigenvalue weighted by atomic mass is 10.1. The Kier molecular flexibility index (Phi) is 7.98. The maximum atomic E-state index is 10.3. The molecule has 0 unspecified atom stereocenters. The number of phenols is 1. The van der Waals surface area contributed by atoms with Crippen molar-refractivity contribution in [3.05, 3.63) is 133 Å². The molecule has 0 amide bonds. The van der Waals surface area contributed by atoms with Gasteiger partial charge in [0.25, 0.3) is 0 Å². The zero-order chi connectivity index (χ0) is 27.7. The van der Waals surface area contributed by atoms with Crippen LogP contribution in [0.15, 0.2) is 148 Å². The van der Waals surface area contributed by atoms with Gasteiger partial charge in [-0.2, -0.15) is 20.0 Å². The summed E-state index contributed by atoms with van der Waals surface area (Å²) < 4.78 is 1.45. The average Bonchev–Trinajstić information content (AvgIpc) is 3.30. The molecule has 0 spiro atoms. The number of benzene rings is 5. The summed E-state index contributed by atoms with van der Waals surface area (Å²) in [5.74, 6) is 0.122. The molecular weight excluding hydrogens is 500 g/mol. The van der Waals surface area contributed by atoms with Gasteiger partial charge in [-0.3, -0.25) is 0 Å². The fourth-order valence-corrected chi connectivity index (χ4v) is 3.93. The first-order valence-electron chi connectivity index (χ1n) is 12.6. The van der Waals surface area contributed by atoms with Crippen molar-refractivity contribution in [3.8, 4) is 17.3 Å². The lowest BCUT2D eigenvalue weighted by Crippen LogP contribution is -1.94. The molecule has 0 aliphatic heterocycles. The van der Waals surface area contributed by atoms with E-state index in [0.29, 0.717) is 17.1 Å². The van der Waals surface area contributed by atoms with Crippen molar-refractivity contribution in [1.29, 1.82) is 0 Å². The Bertz CT molecular complexity index is 1770. The molecule has 0 bridgehead atoms. The molecule has 8 heteroatoms. The van der Waals surface area contributed by atoms with E-state index in [1.54, 1.807) is 13.0 Å². The molecule has 0 aliphatic rings. The quantitative estimate of drug-likeness (QED) is 0.218. The second-order valence-corrected chi connectivity index (χ2v) is 8.73. The number of aryl methyl sites for hydroxylation is 1. The van der Waals surface area contributed by atoms with Crippen molar-refractivity contribution in [2.45, 2.75) is 6.92 Å². The number of hydrogen-bond donors (Lipinski definition) is 2. The highest BCUT2D eigenvalue weighted by Gasteiger charge is 2.15. The van der Waals surface area contributed by atoms with Crippen LogP contribution in [0.1, 0.15) is 5.69 Å². The van der Waals surface area contributed by atoms with Crippen LogP contribution in [0.25, 0.3) is 16.5 Å². The van der Waals surface area contributed by atoms with Gasteiger partial charge < -0.3 is 10.2 Å². The van der Waals surface area contributed by atoms with E-state index >= 15 is 0 Å². The number of phenolic OH excluding ortho intramolecular Hbond substituents is 1. The van der Waals surface area contributed by atoms with Crippen LogP contribution >= 0.6 is 0 Å². The van der Waals surface area contributed by atoms with E-state index in [0.717, 1.165) is 27.8 Å². The highest BCUT2D eigenvalue weighted by atomic mass is 16.3. The van der Waals surface area contributed by atoms with Crippen LogP contribution in [0.3, 0.4) is 0 Å². The van der Waals surface area contributed by atoms with E-state index in [1.165, 1.54) is 4.68 Å². The minimum atomic E-state index is -0.0154. The van der Waals surface area contributed by atoms with Crippen molar-refractivity contribution < 1.29 is 10.2 Å². The van der Waals surface area contributed by atoms with Crippen molar-refractivity contribution in [3.63, 3.8) is 0 Å². The lowest BCUT2D eigenvalue weighted by molar-refractivity contribution is 0.434. The van der Waals surface area contributed by atoms with Crippen LogP contribution < -0.4 is 0 Å². The van der Waals surface area contributed by atoms with Gasteiger partial charge in [-0.1, -0.05) is 84.9 Å². The van der Waals surface area contributed by atoms with Crippen LogP contribution in [0, 0.1) is 6.92 Å². The summed E-state index contributed by atoms with van der Waals surface area (Å²) in [6, 6.07) is 39.5. The first-order valence-corrected chi connectivity index (χ1v) is 12.6. The van der Waals surface area contributed by atoms with Gasteiger partial charge in [-0.05, 0) is 54.8 Å². The summed E-state index contributed by atoms with van der Waals surface area (Å²) in [7, 11) is 0. The van der Waals surface area contributed by atoms with Crippen molar-refractivity contribution in [2.75, 3.05) is 0 Å². The van der Waals surface area contributed by atoms with E-state index in [1.807, 2.05) is 121 Å². The fraction of sp³-hybridized carbons (Fsp3) is 0.0312. The Balaban J connectivity index is 0.000000162. The third-order valence-electron chi connectivity index (χ3n) is 5.93. The third kappa shape index (κ3) is 6.08. The Morgan fingerprint density at radius 3 is 1.70 bits per heavy atom. The maximum Gasteiger partial charge on any atom is 0.243 e. The van der Waals surface area contributed by atoms with Gasteiger partial charge in [0.15, 0.2) is 5.69 Å². The van der Waals surface area contributed by atoms with E-state index < -0.39 is 0 Å². The molecule has 8 nitrogen and oxygen atoms in total. The molecule has 2 N–H and O–H groups in total. The van der Waals surface area contributed by atoms with Gasteiger partial charge in [0.1, 0.15) is 11.4 Å². The first kappa shape index (κ1) is 26.0. The van der Waals surface area contributed by atoms with Crippen LogP contribution in [0.5, 0.6) is 11.6 Å². The van der Waals surface area contributed by atoms with Gasteiger partial charge in [-0.25, -0.2) is 0 Å². The summed E-state index contributed by atoms with van der Waals surface area (Å²) in [5.41, 5.74) is 3.76. The lowest BCUT2D eigenvalue weighted by Gasteiger charge is -2.03. The summed E-state index contributed by atoms with van der Waals surface area (Å²) in [6.45, 7) is 1.79. The molecule has 6 aromatic rings. The second-order valence-electron chi connectivity index (χ2n) is 8.73. The van der Waals surface area contributed by atoms with Crippen molar-refractivity contribution >= 4 is 33.5 Å². The highest BCUT2D eigenvalue weighted by molar-refractivity contribution is 5.95.